The summed E-state index contributed by atoms with van der Waals surface area (Å²) in [5, 5.41) is 7.59. The van der Waals surface area contributed by atoms with Gasteiger partial charge in [-0.05, 0) is 18.9 Å². The molecular formula is C15H19Cl2N7. The molecule has 4 rings (SSSR count). The first kappa shape index (κ1) is 18.4. The highest BCUT2D eigenvalue weighted by Crippen LogP contribution is 2.34. The van der Waals surface area contributed by atoms with Crippen molar-refractivity contribution in [3.63, 3.8) is 0 Å². The molecule has 0 atom stereocenters. The molecule has 9 heteroatoms. The van der Waals surface area contributed by atoms with Gasteiger partial charge < -0.3 is 11.1 Å². The Morgan fingerprint density at radius 1 is 1.21 bits per heavy atom. The fourth-order valence-corrected chi connectivity index (χ4v) is 2.78. The Morgan fingerprint density at radius 2 is 2.04 bits per heavy atom. The summed E-state index contributed by atoms with van der Waals surface area (Å²) < 4.78 is 1.76. The largest absolute Gasteiger partial charge is 0.366 e. The van der Waals surface area contributed by atoms with Gasteiger partial charge in [-0.1, -0.05) is 0 Å². The minimum Gasteiger partial charge on any atom is -0.366 e. The van der Waals surface area contributed by atoms with Crippen molar-refractivity contribution in [2.24, 2.45) is 5.73 Å². The fraction of sp³-hybridized carbons (Fsp3) is 0.333. The summed E-state index contributed by atoms with van der Waals surface area (Å²) in [6.07, 6.45) is 9.10. The van der Waals surface area contributed by atoms with Crippen molar-refractivity contribution in [1.29, 1.82) is 0 Å². The maximum atomic E-state index is 5.84. The summed E-state index contributed by atoms with van der Waals surface area (Å²) in [6.45, 7) is 0.626. The van der Waals surface area contributed by atoms with Crippen molar-refractivity contribution in [1.82, 2.24) is 24.6 Å². The van der Waals surface area contributed by atoms with Crippen LogP contribution in [0.1, 0.15) is 30.0 Å². The highest BCUT2D eigenvalue weighted by molar-refractivity contribution is 5.85. The molecule has 0 spiro atoms. The predicted molar refractivity (Wildman–Crippen MR) is 96.8 cm³/mol. The molecule has 1 aliphatic carbocycles. The predicted octanol–water partition coefficient (Wildman–Crippen LogP) is 2.18. The lowest BCUT2D eigenvalue weighted by molar-refractivity contribution is 0.345. The van der Waals surface area contributed by atoms with E-state index in [1.165, 1.54) is 0 Å². The number of fused-ring (bicyclic) bond motifs is 1. The molecular weight excluding hydrogens is 349 g/mol. The molecule has 7 nitrogen and oxygen atoms in total. The van der Waals surface area contributed by atoms with Crippen LogP contribution >= 0.6 is 24.8 Å². The van der Waals surface area contributed by atoms with Gasteiger partial charge in [-0.3, -0.25) is 0 Å². The minimum absolute atomic E-state index is 0. The zero-order valence-corrected chi connectivity index (χ0v) is 14.5. The van der Waals surface area contributed by atoms with E-state index in [1.54, 1.807) is 17.0 Å². The first-order valence-corrected chi connectivity index (χ1v) is 7.38. The minimum atomic E-state index is 0. The number of halogens is 2. The van der Waals surface area contributed by atoms with Gasteiger partial charge in [0.05, 0.1) is 6.20 Å². The lowest BCUT2D eigenvalue weighted by Gasteiger charge is -2.31. The molecule has 3 N–H and O–H groups in total. The van der Waals surface area contributed by atoms with E-state index in [-0.39, 0.29) is 24.8 Å². The normalized spacial score (nSPS) is 19.0. The average molecular weight is 368 g/mol. The van der Waals surface area contributed by atoms with Crippen LogP contribution in [0.4, 0.5) is 5.82 Å². The Kier molecular flexibility index (Phi) is 5.93. The topological polar surface area (TPSA) is 94.0 Å². The van der Waals surface area contributed by atoms with Crippen LogP contribution in [0, 0.1) is 0 Å². The second kappa shape index (κ2) is 7.74. The van der Waals surface area contributed by atoms with Gasteiger partial charge in [-0.15, -0.1) is 24.8 Å². The second-order valence-electron chi connectivity index (χ2n) is 5.67. The Bertz CT molecular complexity index is 801. The van der Waals surface area contributed by atoms with Crippen molar-refractivity contribution in [2.45, 2.75) is 31.3 Å². The highest BCUT2D eigenvalue weighted by Gasteiger charge is 2.28. The summed E-state index contributed by atoms with van der Waals surface area (Å²) in [5.41, 5.74) is 8.80. The summed E-state index contributed by atoms with van der Waals surface area (Å²) in [4.78, 5) is 13.0. The number of hydrogen-bond acceptors (Lipinski definition) is 6. The number of hydrogen-bond donors (Lipinski definition) is 2. The van der Waals surface area contributed by atoms with E-state index in [0.717, 1.165) is 35.6 Å². The first-order valence-electron chi connectivity index (χ1n) is 7.38. The number of rotatable bonds is 4. The Labute approximate surface area is 151 Å². The molecule has 0 aliphatic heterocycles. The lowest BCUT2D eigenvalue weighted by Crippen LogP contribution is -2.35. The van der Waals surface area contributed by atoms with Gasteiger partial charge >= 0.3 is 0 Å². The third-order valence-electron chi connectivity index (χ3n) is 4.09. The van der Waals surface area contributed by atoms with E-state index in [2.05, 4.69) is 25.4 Å². The molecule has 128 valence electrons. The van der Waals surface area contributed by atoms with E-state index in [4.69, 9.17) is 5.73 Å². The van der Waals surface area contributed by atoms with Crippen molar-refractivity contribution in [3.05, 3.63) is 48.3 Å². The van der Waals surface area contributed by atoms with E-state index in [0.29, 0.717) is 18.5 Å². The van der Waals surface area contributed by atoms with Crippen LogP contribution in [0.5, 0.6) is 0 Å². The monoisotopic (exact) mass is 367 g/mol. The number of anilines is 1. The standard InChI is InChI=1S/C15H17N7.2ClH/c16-12-4-10(5-12)13-6-14(20-9-19-13)18-7-11-8-21-22-3-1-2-17-15(11)22;;/h1-3,6,8-10,12H,4-5,7,16H2,(H,18,19,20);2*1H. The van der Waals surface area contributed by atoms with Crippen LogP contribution < -0.4 is 11.1 Å². The summed E-state index contributed by atoms with van der Waals surface area (Å²) in [7, 11) is 0. The molecule has 1 saturated carbocycles. The summed E-state index contributed by atoms with van der Waals surface area (Å²) in [6, 6.07) is 4.19. The molecule has 1 fully saturated rings. The van der Waals surface area contributed by atoms with Gasteiger partial charge in [0.2, 0.25) is 0 Å². The van der Waals surface area contributed by atoms with E-state index < -0.39 is 0 Å². The van der Waals surface area contributed by atoms with Crippen molar-refractivity contribution >= 4 is 36.3 Å². The van der Waals surface area contributed by atoms with Crippen LogP contribution in [0.2, 0.25) is 0 Å². The number of nitrogens with two attached hydrogens (primary N) is 1. The summed E-state index contributed by atoms with van der Waals surface area (Å²) in [5.74, 6) is 1.29. The molecule has 0 unspecified atom stereocenters. The molecule has 0 aromatic carbocycles. The van der Waals surface area contributed by atoms with Crippen molar-refractivity contribution in [3.8, 4) is 0 Å². The van der Waals surface area contributed by atoms with Gasteiger partial charge in [0.1, 0.15) is 12.1 Å². The van der Waals surface area contributed by atoms with Gasteiger partial charge in [-0.2, -0.15) is 5.10 Å². The Hall–Kier alpha value is -1.96. The smallest absolute Gasteiger partial charge is 0.159 e. The van der Waals surface area contributed by atoms with Crippen molar-refractivity contribution < 1.29 is 0 Å². The molecule has 0 amide bonds. The summed E-state index contributed by atoms with van der Waals surface area (Å²) >= 11 is 0. The van der Waals surface area contributed by atoms with Gasteiger partial charge in [0.25, 0.3) is 0 Å². The van der Waals surface area contributed by atoms with Gasteiger partial charge in [-0.25, -0.2) is 19.5 Å². The van der Waals surface area contributed by atoms with Crippen LogP contribution in [-0.2, 0) is 6.54 Å². The number of nitrogens with zero attached hydrogens (tertiary/aromatic N) is 5. The van der Waals surface area contributed by atoms with Crippen LogP contribution in [0.15, 0.2) is 37.1 Å². The Balaban J connectivity index is 0.00000104. The second-order valence-corrected chi connectivity index (χ2v) is 5.67. The molecule has 24 heavy (non-hydrogen) atoms. The molecule has 3 aromatic heterocycles. The van der Waals surface area contributed by atoms with Crippen LogP contribution in [0.25, 0.3) is 5.65 Å². The number of nitrogens with one attached hydrogen (secondary N) is 1. The number of aromatic nitrogens is 5. The highest BCUT2D eigenvalue weighted by atomic mass is 35.5. The zero-order valence-electron chi connectivity index (χ0n) is 12.9. The molecule has 0 bridgehead atoms. The Morgan fingerprint density at radius 3 is 2.83 bits per heavy atom. The van der Waals surface area contributed by atoms with E-state index in [1.807, 2.05) is 24.5 Å². The molecule has 0 saturated heterocycles. The van der Waals surface area contributed by atoms with E-state index in [9.17, 15) is 0 Å². The maximum Gasteiger partial charge on any atom is 0.159 e. The molecule has 1 aliphatic rings. The average Bonchev–Trinajstić information content (AvgIpc) is 2.93. The van der Waals surface area contributed by atoms with Crippen LogP contribution in [0.3, 0.4) is 0 Å². The first-order chi connectivity index (χ1) is 10.8. The maximum absolute atomic E-state index is 5.84. The van der Waals surface area contributed by atoms with Gasteiger partial charge in [0, 0.05) is 48.2 Å². The third kappa shape index (κ3) is 3.58. The van der Waals surface area contributed by atoms with E-state index >= 15 is 0 Å². The third-order valence-corrected chi connectivity index (χ3v) is 4.09. The molecule has 3 heterocycles. The van der Waals surface area contributed by atoms with Crippen LogP contribution in [-0.4, -0.2) is 30.6 Å². The quantitative estimate of drug-likeness (QED) is 0.733. The molecule has 3 aromatic rings. The van der Waals surface area contributed by atoms with Gasteiger partial charge in [0.15, 0.2) is 5.65 Å². The SMILES string of the molecule is Cl.Cl.NC1CC(c2cc(NCc3cnn4cccnc34)ncn2)C1. The fourth-order valence-electron chi connectivity index (χ4n) is 2.78. The molecule has 0 radical (unpaired) electrons. The van der Waals surface area contributed by atoms with Crippen molar-refractivity contribution in [2.75, 3.05) is 5.32 Å². The zero-order chi connectivity index (χ0) is 14.9. The lowest BCUT2D eigenvalue weighted by atomic mass is 9.79.